The molecule has 0 radical (unpaired) electrons. The standard InChI is InChI=1S/C23H24.C2H6/c1-5-7-9-12-18(3)22(15-8-6-2)23-17-21-14-11-10-13-20(21)16-19(23)4;1-2/h5-17H,2H2,1,3-4H3;1-2H3/b7-5-,12-9+,15-8+,22-18+;. The third-order valence-electron chi connectivity index (χ3n) is 3.86. The van der Waals surface area contributed by atoms with E-state index in [2.05, 4.69) is 75.1 Å². The highest BCUT2D eigenvalue weighted by Gasteiger charge is 2.07. The topological polar surface area (TPSA) is 0 Å². The van der Waals surface area contributed by atoms with Crippen LogP contribution in [-0.4, -0.2) is 0 Å². The van der Waals surface area contributed by atoms with Gasteiger partial charge in [0.05, 0.1) is 0 Å². The SMILES string of the molecule is C=C/C=C/C(=C(C)\C=C\C=C/C)c1cc2ccccc2cc1C.CC. The lowest BCUT2D eigenvalue weighted by molar-refractivity contribution is 1.42. The highest BCUT2D eigenvalue weighted by molar-refractivity contribution is 5.90. The molecule has 0 aromatic heterocycles. The molecule has 0 atom stereocenters. The Bertz CT molecular complexity index is 811. The summed E-state index contributed by atoms with van der Waals surface area (Å²) in [4.78, 5) is 0. The van der Waals surface area contributed by atoms with E-state index in [4.69, 9.17) is 0 Å². The van der Waals surface area contributed by atoms with Crippen LogP contribution in [0.25, 0.3) is 16.3 Å². The van der Waals surface area contributed by atoms with Gasteiger partial charge in [-0.05, 0) is 59.9 Å². The molecule has 0 heteroatoms. The zero-order valence-corrected chi connectivity index (χ0v) is 16.2. The normalized spacial score (nSPS) is 12.5. The van der Waals surface area contributed by atoms with Crippen molar-refractivity contribution in [2.45, 2.75) is 34.6 Å². The molecule has 0 aliphatic rings. The summed E-state index contributed by atoms with van der Waals surface area (Å²) in [5.74, 6) is 0. The van der Waals surface area contributed by atoms with Crippen molar-refractivity contribution in [2.75, 3.05) is 0 Å². The van der Waals surface area contributed by atoms with E-state index in [-0.39, 0.29) is 0 Å². The molecule has 0 N–H and O–H groups in total. The zero-order chi connectivity index (χ0) is 18.7. The number of hydrogen-bond donors (Lipinski definition) is 0. The maximum Gasteiger partial charge on any atom is -0.0146 e. The lowest BCUT2D eigenvalue weighted by Crippen LogP contribution is -1.90. The van der Waals surface area contributed by atoms with Gasteiger partial charge in [0, 0.05) is 0 Å². The molecule has 0 spiro atoms. The van der Waals surface area contributed by atoms with Crippen LogP contribution in [0.5, 0.6) is 0 Å². The monoisotopic (exact) mass is 330 g/mol. The van der Waals surface area contributed by atoms with E-state index in [9.17, 15) is 0 Å². The number of fused-ring (bicyclic) bond motifs is 1. The Labute approximate surface area is 153 Å². The van der Waals surface area contributed by atoms with Gasteiger partial charge in [0.25, 0.3) is 0 Å². The van der Waals surface area contributed by atoms with Crippen molar-refractivity contribution in [3.05, 3.63) is 102 Å². The average Bonchev–Trinajstić information content (AvgIpc) is 2.64. The van der Waals surface area contributed by atoms with Crippen LogP contribution >= 0.6 is 0 Å². The lowest BCUT2D eigenvalue weighted by atomic mass is 9.93. The number of allylic oxidation sites excluding steroid dienone is 9. The third-order valence-corrected chi connectivity index (χ3v) is 3.86. The van der Waals surface area contributed by atoms with Crippen molar-refractivity contribution in [1.82, 2.24) is 0 Å². The fraction of sp³-hybridized carbons (Fsp3) is 0.200. The number of benzene rings is 2. The van der Waals surface area contributed by atoms with Crippen molar-refractivity contribution in [3.63, 3.8) is 0 Å². The average molecular weight is 331 g/mol. The Balaban J connectivity index is 0.00000151. The van der Waals surface area contributed by atoms with Crippen LogP contribution in [-0.2, 0) is 0 Å². The zero-order valence-electron chi connectivity index (χ0n) is 16.2. The second-order valence-electron chi connectivity index (χ2n) is 5.59. The van der Waals surface area contributed by atoms with Crippen molar-refractivity contribution < 1.29 is 0 Å². The van der Waals surface area contributed by atoms with Gasteiger partial charge in [0.2, 0.25) is 0 Å². The van der Waals surface area contributed by atoms with Gasteiger partial charge in [-0.1, -0.05) is 93.3 Å². The van der Waals surface area contributed by atoms with Crippen LogP contribution in [0.1, 0.15) is 38.8 Å². The Morgan fingerprint density at radius 3 is 2.16 bits per heavy atom. The molecule has 0 nitrogen and oxygen atoms in total. The van der Waals surface area contributed by atoms with Crippen LogP contribution in [0.2, 0.25) is 0 Å². The first-order valence-corrected chi connectivity index (χ1v) is 8.96. The first kappa shape index (κ1) is 20.4. The fourth-order valence-corrected chi connectivity index (χ4v) is 2.64. The van der Waals surface area contributed by atoms with E-state index in [0.717, 1.165) is 0 Å². The lowest BCUT2D eigenvalue weighted by Gasteiger charge is -2.12. The molecule has 0 bridgehead atoms. The highest BCUT2D eigenvalue weighted by Crippen LogP contribution is 2.28. The molecule has 0 saturated heterocycles. The fourth-order valence-electron chi connectivity index (χ4n) is 2.64. The van der Waals surface area contributed by atoms with Gasteiger partial charge in [-0.15, -0.1) is 0 Å². The molecule has 0 aliphatic carbocycles. The Morgan fingerprint density at radius 1 is 0.920 bits per heavy atom. The second kappa shape index (κ2) is 11.0. The molecule has 130 valence electrons. The summed E-state index contributed by atoms with van der Waals surface area (Å²) >= 11 is 0. The van der Waals surface area contributed by atoms with E-state index in [1.807, 2.05) is 45.1 Å². The Morgan fingerprint density at radius 2 is 1.56 bits per heavy atom. The molecular formula is C25H30. The van der Waals surface area contributed by atoms with E-state index in [1.54, 1.807) is 0 Å². The smallest absolute Gasteiger partial charge is 0.0146 e. The van der Waals surface area contributed by atoms with Crippen molar-refractivity contribution in [2.24, 2.45) is 0 Å². The molecule has 2 aromatic rings. The van der Waals surface area contributed by atoms with Gasteiger partial charge >= 0.3 is 0 Å². The minimum atomic E-state index is 1.23. The number of hydrogen-bond acceptors (Lipinski definition) is 0. The highest BCUT2D eigenvalue weighted by atomic mass is 14.1. The second-order valence-corrected chi connectivity index (χ2v) is 5.59. The van der Waals surface area contributed by atoms with Gasteiger partial charge in [-0.2, -0.15) is 0 Å². The van der Waals surface area contributed by atoms with E-state index in [1.165, 1.54) is 33.0 Å². The summed E-state index contributed by atoms with van der Waals surface area (Å²) in [5, 5.41) is 2.55. The summed E-state index contributed by atoms with van der Waals surface area (Å²) in [6.45, 7) is 14.1. The van der Waals surface area contributed by atoms with Crippen molar-refractivity contribution >= 4 is 16.3 Å². The Kier molecular flexibility index (Phi) is 9.03. The van der Waals surface area contributed by atoms with Gasteiger partial charge in [0.15, 0.2) is 0 Å². The molecule has 0 unspecified atom stereocenters. The number of rotatable bonds is 5. The number of aryl methyl sites for hydroxylation is 1. The molecule has 25 heavy (non-hydrogen) atoms. The summed E-state index contributed by atoms with van der Waals surface area (Å²) in [6, 6.07) is 13.0. The molecule has 2 rings (SSSR count). The molecule has 0 heterocycles. The van der Waals surface area contributed by atoms with Crippen LogP contribution in [0.4, 0.5) is 0 Å². The van der Waals surface area contributed by atoms with E-state index < -0.39 is 0 Å². The maximum atomic E-state index is 3.79. The molecule has 0 amide bonds. The third kappa shape index (κ3) is 5.76. The van der Waals surface area contributed by atoms with Crippen LogP contribution < -0.4 is 0 Å². The summed E-state index contributed by atoms with van der Waals surface area (Å²) in [6.07, 6.45) is 14.3. The molecule has 0 saturated carbocycles. The quantitative estimate of drug-likeness (QED) is 0.490. The minimum absolute atomic E-state index is 1.23. The summed E-state index contributed by atoms with van der Waals surface area (Å²) in [5.41, 5.74) is 5.02. The molecular weight excluding hydrogens is 300 g/mol. The van der Waals surface area contributed by atoms with Crippen molar-refractivity contribution in [1.29, 1.82) is 0 Å². The molecule has 0 aliphatic heterocycles. The Hall–Kier alpha value is -2.60. The predicted molar refractivity (Wildman–Crippen MR) is 116 cm³/mol. The molecule has 0 fully saturated rings. The van der Waals surface area contributed by atoms with Gasteiger partial charge in [0.1, 0.15) is 0 Å². The van der Waals surface area contributed by atoms with Gasteiger partial charge in [-0.3, -0.25) is 0 Å². The van der Waals surface area contributed by atoms with Crippen LogP contribution in [0.3, 0.4) is 0 Å². The van der Waals surface area contributed by atoms with E-state index in [0.29, 0.717) is 0 Å². The summed E-state index contributed by atoms with van der Waals surface area (Å²) < 4.78 is 0. The van der Waals surface area contributed by atoms with Crippen molar-refractivity contribution in [3.8, 4) is 0 Å². The van der Waals surface area contributed by atoms with Crippen LogP contribution in [0, 0.1) is 6.92 Å². The van der Waals surface area contributed by atoms with Gasteiger partial charge in [-0.25, -0.2) is 0 Å². The van der Waals surface area contributed by atoms with E-state index >= 15 is 0 Å². The van der Waals surface area contributed by atoms with Gasteiger partial charge < -0.3 is 0 Å². The first-order chi connectivity index (χ1) is 12.2. The molecule has 2 aromatic carbocycles. The maximum absolute atomic E-state index is 3.79. The first-order valence-electron chi connectivity index (χ1n) is 8.96. The summed E-state index contributed by atoms with van der Waals surface area (Å²) in [7, 11) is 0. The minimum Gasteiger partial charge on any atom is -0.0991 e. The largest absolute Gasteiger partial charge is 0.0991 e. The predicted octanol–water partition coefficient (Wildman–Crippen LogP) is 7.82. The van der Waals surface area contributed by atoms with Crippen LogP contribution in [0.15, 0.2) is 91.1 Å².